The predicted molar refractivity (Wildman–Crippen MR) is 73.5 cm³/mol. The first-order valence-corrected chi connectivity index (χ1v) is 7.37. The molecule has 4 heteroatoms. The fourth-order valence-electron chi connectivity index (χ4n) is 2.13. The lowest BCUT2D eigenvalue weighted by Gasteiger charge is -2.35. The predicted octanol–water partition coefficient (Wildman–Crippen LogP) is 3.81. The first kappa shape index (κ1) is 14.8. The molecule has 100 valence electrons. The largest absolute Gasteiger partial charge is 0.444 e. The van der Waals surface area contributed by atoms with Crippen LogP contribution in [-0.4, -0.2) is 34.5 Å². The van der Waals surface area contributed by atoms with Gasteiger partial charge in [-0.15, -0.1) is 0 Å². The van der Waals surface area contributed by atoms with Crippen molar-refractivity contribution in [3.8, 4) is 0 Å². The third-order valence-electron chi connectivity index (χ3n) is 3.01. The second kappa shape index (κ2) is 6.07. The Kier molecular flexibility index (Phi) is 5.29. The van der Waals surface area contributed by atoms with Crippen molar-refractivity contribution in [2.24, 2.45) is 5.92 Å². The Morgan fingerprint density at radius 3 is 2.71 bits per heavy atom. The van der Waals surface area contributed by atoms with Gasteiger partial charge in [-0.2, -0.15) is 0 Å². The highest BCUT2D eigenvalue weighted by atomic mass is 79.9. The molecule has 0 spiro atoms. The number of alkyl halides is 1. The second-order valence-electron chi connectivity index (χ2n) is 5.75. The highest BCUT2D eigenvalue weighted by Crippen LogP contribution is 2.27. The lowest BCUT2D eigenvalue weighted by Crippen LogP contribution is -2.44. The number of amides is 1. The number of rotatable bonds is 2. The van der Waals surface area contributed by atoms with Gasteiger partial charge in [0.25, 0.3) is 0 Å². The van der Waals surface area contributed by atoms with Crippen LogP contribution >= 0.6 is 15.9 Å². The molecule has 2 atom stereocenters. The quantitative estimate of drug-likeness (QED) is 0.726. The van der Waals surface area contributed by atoms with Crippen LogP contribution in [0.15, 0.2) is 0 Å². The Morgan fingerprint density at radius 2 is 2.18 bits per heavy atom. The molecule has 1 amide bonds. The summed E-state index contributed by atoms with van der Waals surface area (Å²) < 4.78 is 5.41. The van der Waals surface area contributed by atoms with Crippen LogP contribution in [0.1, 0.15) is 47.0 Å². The summed E-state index contributed by atoms with van der Waals surface area (Å²) in [5.74, 6) is 0.557. The van der Waals surface area contributed by atoms with E-state index in [2.05, 4.69) is 22.9 Å². The van der Waals surface area contributed by atoms with Gasteiger partial charge in [-0.3, -0.25) is 0 Å². The highest BCUT2D eigenvalue weighted by Gasteiger charge is 2.29. The van der Waals surface area contributed by atoms with Crippen molar-refractivity contribution >= 4 is 22.0 Å². The Hall–Kier alpha value is -0.250. The molecule has 0 saturated carbocycles. The molecule has 1 fully saturated rings. The van der Waals surface area contributed by atoms with E-state index in [0.717, 1.165) is 25.9 Å². The fraction of sp³-hybridized carbons (Fsp3) is 0.923. The Balaban J connectivity index is 2.52. The van der Waals surface area contributed by atoms with E-state index in [1.807, 2.05) is 25.7 Å². The standard InChI is InChI=1S/C13H24BrNO2/c1-5-11(14)10-7-6-8-15(9-10)12(16)17-13(2,3)4/h10-11H,5-9H2,1-4H3. The van der Waals surface area contributed by atoms with Crippen molar-refractivity contribution in [1.82, 2.24) is 4.90 Å². The smallest absolute Gasteiger partial charge is 0.410 e. The molecule has 1 aliphatic rings. The number of piperidine rings is 1. The topological polar surface area (TPSA) is 29.5 Å². The van der Waals surface area contributed by atoms with E-state index >= 15 is 0 Å². The SMILES string of the molecule is CCC(Br)C1CCCN(C(=O)OC(C)(C)C)C1. The average molecular weight is 306 g/mol. The van der Waals surface area contributed by atoms with Gasteiger partial charge in [-0.1, -0.05) is 22.9 Å². The van der Waals surface area contributed by atoms with Crippen LogP contribution in [0.2, 0.25) is 0 Å². The number of carbonyl (C=O) groups excluding carboxylic acids is 1. The number of carbonyl (C=O) groups is 1. The molecule has 1 saturated heterocycles. The normalized spacial score (nSPS) is 23.4. The van der Waals surface area contributed by atoms with Crippen molar-refractivity contribution in [2.75, 3.05) is 13.1 Å². The molecule has 1 aliphatic heterocycles. The maximum absolute atomic E-state index is 12.0. The lowest BCUT2D eigenvalue weighted by atomic mass is 9.94. The molecule has 0 aromatic rings. The van der Waals surface area contributed by atoms with E-state index in [9.17, 15) is 4.79 Å². The number of hydrogen-bond acceptors (Lipinski definition) is 2. The molecule has 0 N–H and O–H groups in total. The number of likely N-dealkylation sites (tertiary alicyclic amines) is 1. The van der Waals surface area contributed by atoms with E-state index in [4.69, 9.17) is 4.74 Å². The zero-order valence-electron chi connectivity index (χ0n) is 11.3. The van der Waals surface area contributed by atoms with Crippen LogP contribution in [0.3, 0.4) is 0 Å². The van der Waals surface area contributed by atoms with Crippen LogP contribution < -0.4 is 0 Å². The Labute approximate surface area is 113 Å². The molecule has 2 unspecified atom stereocenters. The van der Waals surface area contributed by atoms with Crippen LogP contribution in [-0.2, 0) is 4.74 Å². The monoisotopic (exact) mass is 305 g/mol. The minimum Gasteiger partial charge on any atom is -0.444 e. The molecule has 1 heterocycles. The summed E-state index contributed by atoms with van der Waals surface area (Å²) in [5, 5.41) is 0. The van der Waals surface area contributed by atoms with Gasteiger partial charge in [0.1, 0.15) is 5.60 Å². The number of ether oxygens (including phenoxy) is 1. The van der Waals surface area contributed by atoms with E-state index in [1.165, 1.54) is 6.42 Å². The molecule has 0 aromatic carbocycles. The number of hydrogen-bond donors (Lipinski definition) is 0. The van der Waals surface area contributed by atoms with E-state index in [-0.39, 0.29) is 6.09 Å². The van der Waals surface area contributed by atoms with Crippen molar-refractivity contribution in [1.29, 1.82) is 0 Å². The highest BCUT2D eigenvalue weighted by molar-refractivity contribution is 9.09. The van der Waals surface area contributed by atoms with Gasteiger partial charge in [-0.05, 0) is 46.0 Å². The van der Waals surface area contributed by atoms with Gasteiger partial charge in [-0.25, -0.2) is 4.79 Å². The minimum atomic E-state index is -0.400. The van der Waals surface area contributed by atoms with Gasteiger partial charge in [0.05, 0.1) is 0 Å². The summed E-state index contributed by atoms with van der Waals surface area (Å²) in [4.78, 5) is 14.3. The molecular formula is C13H24BrNO2. The Morgan fingerprint density at radius 1 is 1.53 bits per heavy atom. The summed E-state index contributed by atoms with van der Waals surface area (Å²) in [7, 11) is 0. The number of nitrogens with zero attached hydrogens (tertiary/aromatic N) is 1. The lowest BCUT2D eigenvalue weighted by molar-refractivity contribution is 0.0165. The van der Waals surface area contributed by atoms with Crippen LogP contribution in [0.4, 0.5) is 4.79 Å². The van der Waals surface area contributed by atoms with Gasteiger partial charge in [0.2, 0.25) is 0 Å². The zero-order chi connectivity index (χ0) is 13.1. The van der Waals surface area contributed by atoms with Crippen LogP contribution in [0, 0.1) is 5.92 Å². The molecule has 17 heavy (non-hydrogen) atoms. The maximum atomic E-state index is 12.0. The first-order valence-electron chi connectivity index (χ1n) is 6.45. The minimum absolute atomic E-state index is 0.169. The molecule has 0 aromatic heterocycles. The Bertz CT molecular complexity index is 263. The third kappa shape index (κ3) is 4.86. The molecular weight excluding hydrogens is 282 g/mol. The first-order chi connectivity index (χ1) is 7.83. The molecule has 0 radical (unpaired) electrons. The van der Waals surface area contributed by atoms with Crippen LogP contribution in [0.5, 0.6) is 0 Å². The number of halogens is 1. The molecule has 1 rings (SSSR count). The molecule has 0 aliphatic carbocycles. The van der Waals surface area contributed by atoms with E-state index in [1.54, 1.807) is 0 Å². The zero-order valence-corrected chi connectivity index (χ0v) is 12.9. The van der Waals surface area contributed by atoms with Crippen molar-refractivity contribution in [3.63, 3.8) is 0 Å². The van der Waals surface area contributed by atoms with E-state index < -0.39 is 5.60 Å². The van der Waals surface area contributed by atoms with E-state index in [0.29, 0.717) is 10.7 Å². The van der Waals surface area contributed by atoms with Gasteiger partial charge in [0, 0.05) is 17.9 Å². The second-order valence-corrected chi connectivity index (χ2v) is 6.93. The van der Waals surface area contributed by atoms with Crippen molar-refractivity contribution < 1.29 is 9.53 Å². The molecule has 3 nitrogen and oxygen atoms in total. The summed E-state index contributed by atoms with van der Waals surface area (Å²) in [5.41, 5.74) is -0.400. The summed E-state index contributed by atoms with van der Waals surface area (Å²) in [6.45, 7) is 9.54. The van der Waals surface area contributed by atoms with Crippen molar-refractivity contribution in [3.05, 3.63) is 0 Å². The maximum Gasteiger partial charge on any atom is 0.410 e. The van der Waals surface area contributed by atoms with Gasteiger partial charge in [0.15, 0.2) is 0 Å². The average Bonchev–Trinajstić information content (AvgIpc) is 2.26. The summed E-state index contributed by atoms with van der Waals surface area (Å²) >= 11 is 3.70. The summed E-state index contributed by atoms with van der Waals surface area (Å²) in [6, 6.07) is 0. The third-order valence-corrected chi connectivity index (χ3v) is 4.41. The van der Waals surface area contributed by atoms with Gasteiger partial charge >= 0.3 is 6.09 Å². The summed E-state index contributed by atoms with van der Waals surface area (Å²) in [6.07, 6.45) is 3.21. The van der Waals surface area contributed by atoms with Crippen LogP contribution in [0.25, 0.3) is 0 Å². The fourth-order valence-corrected chi connectivity index (χ4v) is 2.56. The van der Waals surface area contributed by atoms with Gasteiger partial charge < -0.3 is 9.64 Å². The van der Waals surface area contributed by atoms with Crippen molar-refractivity contribution in [2.45, 2.75) is 57.4 Å². The molecule has 0 bridgehead atoms.